The van der Waals surface area contributed by atoms with E-state index in [0.29, 0.717) is 32.4 Å². The number of hydrogen-bond acceptors (Lipinski definition) is 3. The van der Waals surface area contributed by atoms with Gasteiger partial charge in [0.1, 0.15) is 0 Å². The summed E-state index contributed by atoms with van der Waals surface area (Å²) in [5.74, 6) is -0.0541. The van der Waals surface area contributed by atoms with Gasteiger partial charge < -0.3 is 11.1 Å². The average Bonchev–Trinajstić information content (AvgIpc) is 2.12. The van der Waals surface area contributed by atoms with Gasteiger partial charge in [0.05, 0.1) is 0 Å². The molecule has 4 nitrogen and oxygen atoms in total. The van der Waals surface area contributed by atoms with E-state index in [-0.39, 0.29) is 11.7 Å². The van der Waals surface area contributed by atoms with E-state index < -0.39 is 0 Å². The molecule has 0 atom stereocenters. The number of ketones is 1. The number of allylic oxidation sites excluding steroid dienone is 1. The Labute approximate surface area is 78.2 Å². The van der Waals surface area contributed by atoms with Gasteiger partial charge in [0.2, 0.25) is 5.91 Å². The second kappa shape index (κ2) is 7.49. The molecule has 0 heterocycles. The third-order valence-corrected chi connectivity index (χ3v) is 1.52. The first-order valence-corrected chi connectivity index (χ1v) is 4.32. The normalized spacial score (nSPS) is 9.31. The molecule has 0 radical (unpaired) electrons. The molecule has 0 unspecified atom stereocenters. The van der Waals surface area contributed by atoms with Gasteiger partial charge in [-0.1, -0.05) is 6.58 Å². The van der Waals surface area contributed by atoms with Crippen LogP contribution in [0.15, 0.2) is 12.7 Å². The number of nitrogens with two attached hydrogens (primary N) is 1. The van der Waals surface area contributed by atoms with Crippen molar-refractivity contribution in [2.45, 2.75) is 19.3 Å². The maximum absolute atomic E-state index is 10.9. The highest BCUT2D eigenvalue weighted by Crippen LogP contribution is 1.89. The van der Waals surface area contributed by atoms with Crippen LogP contribution in [0.5, 0.6) is 0 Å². The zero-order valence-electron chi connectivity index (χ0n) is 7.71. The van der Waals surface area contributed by atoms with E-state index in [2.05, 4.69) is 11.9 Å². The first kappa shape index (κ1) is 11.8. The Balaban J connectivity index is 3.30. The molecule has 74 valence electrons. The van der Waals surface area contributed by atoms with Crippen LogP contribution in [-0.2, 0) is 9.59 Å². The molecule has 0 aromatic carbocycles. The minimum atomic E-state index is -0.0615. The number of rotatable bonds is 7. The third kappa shape index (κ3) is 7.21. The summed E-state index contributed by atoms with van der Waals surface area (Å²) in [5, 5.41) is 2.66. The summed E-state index contributed by atoms with van der Waals surface area (Å²) in [4.78, 5) is 21.6. The minimum Gasteiger partial charge on any atom is -0.356 e. The standard InChI is InChI=1S/C9H16N2O2/c1-2-8(12)4-3-7-11-9(13)5-6-10/h2H,1,3-7,10H2,(H,11,13). The third-order valence-electron chi connectivity index (χ3n) is 1.52. The van der Waals surface area contributed by atoms with E-state index in [1.165, 1.54) is 6.08 Å². The fourth-order valence-corrected chi connectivity index (χ4v) is 0.812. The SMILES string of the molecule is C=CC(=O)CCCNC(=O)CCN. The van der Waals surface area contributed by atoms with Crippen LogP contribution in [0, 0.1) is 0 Å². The van der Waals surface area contributed by atoms with Gasteiger partial charge in [-0.15, -0.1) is 0 Å². The van der Waals surface area contributed by atoms with Crippen molar-refractivity contribution in [3.8, 4) is 0 Å². The molecule has 0 rings (SSSR count). The fourth-order valence-electron chi connectivity index (χ4n) is 0.812. The lowest BCUT2D eigenvalue weighted by Gasteiger charge is -2.02. The molecule has 0 saturated heterocycles. The second-order valence-corrected chi connectivity index (χ2v) is 2.66. The van der Waals surface area contributed by atoms with E-state index in [9.17, 15) is 9.59 Å². The molecule has 0 aliphatic rings. The van der Waals surface area contributed by atoms with Crippen molar-refractivity contribution >= 4 is 11.7 Å². The number of carbonyl (C=O) groups excluding carboxylic acids is 2. The highest BCUT2D eigenvalue weighted by atomic mass is 16.1. The molecule has 0 aliphatic heterocycles. The number of hydrogen-bond donors (Lipinski definition) is 2. The molecule has 0 aromatic rings. The molecular formula is C9H16N2O2. The van der Waals surface area contributed by atoms with Crippen molar-refractivity contribution in [2.75, 3.05) is 13.1 Å². The van der Waals surface area contributed by atoms with Crippen molar-refractivity contribution in [1.29, 1.82) is 0 Å². The molecule has 1 amide bonds. The highest BCUT2D eigenvalue weighted by Gasteiger charge is 1.99. The lowest BCUT2D eigenvalue weighted by Crippen LogP contribution is -2.26. The zero-order valence-corrected chi connectivity index (χ0v) is 7.71. The van der Waals surface area contributed by atoms with Crippen molar-refractivity contribution in [3.05, 3.63) is 12.7 Å². The van der Waals surface area contributed by atoms with Crippen LogP contribution >= 0.6 is 0 Å². The van der Waals surface area contributed by atoms with E-state index in [0.717, 1.165) is 0 Å². The fraction of sp³-hybridized carbons (Fsp3) is 0.556. The van der Waals surface area contributed by atoms with Crippen molar-refractivity contribution in [1.82, 2.24) is 5.32 Å². The molecule has 0 aliphatic carbocycles. The summed E-state index contributed by atoms with van der Waals surface area (Å²) in [6, 6.07) is 0. The Kier molecular flexibility index (Phi) is 6.82. The Bertz CT molecular complexity index is 190. The average molecular weight is 184 g/mol. The van der Waals surface area contributed by atoms with Crippen LogP contribution in [-0.4, -0.2) is 24.8 Å². The van der Waals surface area contributed by atoms with Crippen LogP contribution < -0.4 is 11.1 Å². The van der Waals surface area contributed by atoms with Gasteiger partial charge in [0.15, 0.2) is 5.78 Å². The Morgan fingerprint density at radius 2 is 2.08 bits per heavy atom. The first-order valence-electron chi connectivity index (χ1n) is 4.32. The summed E-state index contributed by atoms with van der Waals surface area (Å²) in [5.41, 5.74) is 5.18. The maximum Gasteiger partial charge on any atom is 0.221 e. The van der Waals surface area contributed by atoms with Gasteiger partial charge in [0.25, 0.3) is 0 Å². The van der Waals surface area contributed by atoms with Crippen LogP contribution in [0.3, 0.4) is 0 Å². The summed E-state index contributed by atoms with van der Waals surface area (Å²) in [6.45, 7) is 4.24. The van der Waals surface area contributed by atoms with E-state index in [1.54, 1.807) is 0 Å². The molecule has 0 aromatic heterocycles. The Morgan fingerprint density at radius 3 is 2.62 bits per heavy atom. The maximum atomic E-state index is 10.9. The summed E-state index contributed by atoms with van der Waals surface area (Å²) >= 11 is 0. The quantitative estimate of drug-likeness (QED) is 0.431. The monoisotopic (exact) mass is 184 g/mol. The van der Waals surface area contributed by atoms with Crippen LogP contribution in [0.2, 0.25) is 0 Å². The van der Waals surface area contributed by atoms with Crippen molar-refractivity contribution in [2.24, 2.45) is 5.73 Å². The lowest BCUT2D eigenvalue weighted by atomic mass is 10.2. The van der Waals surface area contributed by atoms with Crippen LogP contribution in [0.4, 0.5) is 0 Å². The largest absolute Gasteiger partial charge is 0.356 e. The Hall–Kier alpha value is -1.16. The van der Waals surface area contributed by atoms with Crippen LogP contribution in [0.25, 0.3) is 0 Å². The smallest absolute Gasteiger partial charge is 0.221 e. The molecule has 3 N–H and O–H groups in total. The first-order chi connectivity index (χ1) is 6.20. The molecule has 4 heteroatoms. The van der Waals surface area contributed by atoms with E-state index >= 15 is 0 Å². The molecule has 0 fully saturated rings. The molecular weight excluding hydrogens is 168 g/mol. The van der Waals surface area contributed by atoms with Gasteiger partial charge >= 0.3 is 0 Å². The van der Waals surface area contributed by atoms with Gasteiger partial charge in [-0.25, -0.2) is 0 Å². The van der Waals surface area contributed by atoms with E-state index in [4.69, 9.17) is 5.73 Å². The number of carbonyl (C=O) groups is 2. The van der Waals surface area contributed by atoms with Gasteiger partial charge in [-0.05, 0) is 12.5 Å². The molecule has 0 spiro atoms. The van der Waals surface area contributed by atoms with Crippen LogP contribution in [0.1, 0.15) is 19.3 Å². The molecule has 0 bridgehead atoms. The predicted octanol–water partition coefficient (Wildman–Crippen LogP) is -0.0133. The van der Waals surface area contributed by atoms with Gasteiger partial charge in [0, 0.05) is 25.9 Å². The molecule has 0 saturated carbocycles. The van der Waals surface area contributed by atoms with Crippen molar-refractivity contribution in [3.63, 3.8) is 0 Å². The molecule has 13 heavy (non-hydrogen) atoms. The van der Waals surface area contributed by atoms with Crippen molar-refractivity contribution < 1.29 is 9.59 Å². The predicted molar refractivity (Wildman–Crippen MR) is 51.1 cm³/mol. The second-order valence-electron chi connectivity index (χ2n) is 2.66. The minimum absolute atomic E-state index is 0.00748. The Morgan fingerprint density at radius 1 is 1.38 bits per heavy atom. The summed E-state index contributed by atoms with van der Waals surface area (Å²) in [7, 11) is 0. The van der Waals surface area contributed by atoms with Gasteiger partial charge in [-0.2, -0.15) is 0 Å². The number of amides is 1. The topological polar surface area (TPSA) is 72.2 Å². The lowest BCUT2D eigenvalue weighted by molar-refractivity contribution is -0.121. The van der Waals surface area contributed by atoms with E-state index in [1.807, 2.05) is 0 Å². The number of nitrogens with one attached hydrogen (secondary N) is 1. The summed E-state index contributed by atoms with van der Waals surface area (Å²) < 4.78 is 0. The van der Waals surface area contributed by atoms with Gasteiger partial charge in [-0.3, -0.25) is 9.59 Å². The summed E-state index contributed by atoms with van der Waals surface area (Å²) in [6.07, 6.45) is 2.73. The zero-order chi connectivity index (χ0) is 10.1. The highest BCUT2D eigenvalue weighted by molar-refractivity contribution is 5.89.